The molecule has 12 heavy (non-hydrogen) atoms. The van der Waals surface area contributed by atoms with Crippen molar-refractivity contribution < 1.29 is 9.53 Å². The van der Waals surface area contributed by atoms with Crippen LogP contribution in [0.15, 0.2) is 0 Å². The molecule has 0 aliphatic heterocycles. The first-order chi connectivity index (χ1) is 5.74. The second-order valence-electron chi connectivity index (χ2n) is 2.83. The number of rotatable bonds is 5. The number of carbonyl (C=O) groups is 1. The third-order valence-corrected chi connectivity index (χ3v) is 1.81. The molecule has 0 bridgehead atoms. The number of hydrogen-bond donors (Lipinski definition) is 1. The molecule has 0 aliphatic carbocycles. The molecule has 0 spiro atoms. The summed E-state index contributed by atoms with van der Waals surface area (Å²) in [7, 11) is 1.58. The van der Waals surface area contributed by atoms with Crippen molar-refractivity contribution in [3.8, 4) is 0 Å². The van der Waals surface area contributed by atoms with Crippen molar-refractivity contribution in [3.05, 3.63) is 0 Å². The van der Waals surface area contributed by atoms with Crippen molar-refractivity contribution in [2.45, 2.75) is 45.6 Å². The maximum atomic E-state index is 10.8. The molecule has 0 aromatic carbocycles. The van der Waals surface area contributed by atoms with Crippen LogP contribution in [0.1, 0.15) is 39.5 Å². The number of hydrogen-bond acceptors (Lipinski definition) is 2. The zero-order valence-electron chi connectivity index (χ0n) is 8.22. The second kappa shape index (κ2) is 6.95. The molecule has 0 rings (SSSR count). The maximum Gasteiger partial charge on any atom is 0.407 e. The molecule has 3 nitrogen and oxygen atoms in total. The molecule has 0 heterocycles. The maximum absolute atomic E-state index is 10.8. The Morgan fingerprint density at radius 2 is 2.17 bits per heavy atom. The number of amides is 1. The van der Waals surface area contributed by atoms with Crippen molar-refractivity contribution >= 4 is 6.09 Å². The highest BCUT2D eigenvalue weighted by atomic mass is 16.6. The molecule has 0 aliphatic rings. The predicted molar refractivity (Wildman–Crippen MR) is 49.1 cm³/mol. The summed E-state index contributed by atoms with van der Waals surface area (Å²) < 4.78 is 5.10. The fourth-order valence-electron chi connectivity index (χ4n) is 0.988. The van der Waals surface area contributed by atoms with Crippen LogP contribution in [-0.4, -0.2) is 19.2 Å². The van der Waals surface area contributed by atoms with E-state index in [0.717, 1.165) is 25.7 Å². The van der Waals surface area contributed by atoms with Gasteiger partial charge in [0.15, 0.2) is 0 Å². The minimum Gasteiger partial charge on any atom is -0.446 e. The van der Waals surface area contributed by atoms with E-state index in [-0.39, 0.29) is 12.2 Å². The van der Waals surface area contributed by atoms with Crippen LogP contribution in [0.2, 0.25) is 0 Å². The first-order valence-electron chi connectivity index (χ1n) is 4.62. The van der Waals surface area contributed by atoms with Crippen LogP contribution >= 0.6 is 0 Å². The first kappa shape index (κ1) is 11.3. The molecule has 1 unspecified atom stereocenters. The molecule has 0 aromatic rings. The van der Waals surface area contributed by atoms with Crippen LogP contribution in [0.4, 0.5) is 4.79 Å². The van der Waals surface area contributed by atoms with Crippen molar-refractivity contribution in [2.75, 3.05) is 7.05 Å². The topological polar surface area (TPSA) is 38.3 Å². The average molecular weight is 173 g/mol. The van der Waals surface area contributed by atoms with Crippen molar-refractivity contribution in [1.29, 1.82) is 0 Å². The number of alkyl carbamates (subject to hydrolysis) is 1. The number of carbonyl (C=O) groups excluding carboxylic acids is 1. The Labute approximate surface area is 74.5 Å². The highest BCUT2D eigenvalue weighted by Crippen LogP contribution is 2.08. The minimum absolute atomic E-state index is 0.0879. The van der Waals surface area contributed by atoms with Crippen LogP contribution in [-0.2, 0) is 4.74 Å². The van der Waals surface area contributed by atoms with E-state index in [9.17, 15) is 4.79 Å². The van der Waals surface area contributed by atoms with Gasteiger partial charge in [0.05, 0.1) is 0 Å². The Bertz CT molecular complexity index is 126. The Hall–Kier alpha value is -0.730. The molecule has 72 valence electrons. The number of unbranched alkanes of at least 4 members (excludes halogenated alkanes) is 1. The van der Waals surface area contributed by atoms with Gasteiger partial charge >= 0.3 is 6.09 Å². The van der Waals surface area contributed by atoms with Gasteiger partial charge in [0.2, 0.25) is 0 Å². The Morgan fingerprint density at radius 1 is 1.50 bits per heavy atom. The van der Waals surface area contributed by atoms with Crippen LogP contribution < -0.4 is 5.32 Å². The lowest BCUT2D eigenvalue weighted by Crippen LogP contribution is -2.25. The second-order valence-corrected chi connectivity index (χ2v) is 2.83. The van der Waals surface area contributed by atoms with E-state index < -0.39 is 0 Å². The van der Waals surface area contributed by atoms with Crippen molar-refractivity contribution in [1.82, 2.24) is 5.32 Å². The Balaban J connectivity index is 3.59. The van der Waals surface area contributed by atoms with Gasteiger partial charge in [0.25, 0.3) is 0 Å². The number of ether oxygens (including phenoxy) is 1. The normalized spacial score (nSPS) is 12.2. The van der Waals surface area contributed by atoms with Gasteiger partial charge in [-0.05, 0) is 12.8 Å². The highest BCUT2D eigenvalue weighted by molar-refractivity contribution is 5.66. The lowest BCUT2D eigenvalue weighted by Gasteiger charge is -2.14. The zero-order chi connectivity index (χ0) is 9.40. The summed E-state index contributed by atoms with van der Waals surface area (Å²) in [5, 5.41) is 2.45. The van der Waals surface area contributed by atoms with Crippen LogP contribution in [0.3, 0.4) is 0 Å². The third-order valence-electron chi connectivity index (χ3n) is 1.81. The van der Waals surface area contributed by atoms with Crippen LogP contribution in [0.25, 0.3) is 0 Å². The summed E-state index contributed by atoms with van der Waals surface area (Å²) in [6.45, 7) is 4.16. The summed E-state index contributed by atoms with van der Waals surface area (Å²) in [5.74, 6) is 0. The predicted octanol–water partition coefficient (Wildman–Crippen LogP) is 2.31. The van der Waals surface area contributed by atoms with E-state index in [0.29, 0.717) is 0 Å². The van der Waals surface area contributed by atoms with E-state index in [1.54, 1.807) is 7.05 Å². The van der Waals surface area contributed by atoms with Gasteiger partial charge in [-0.1, -0.05) is 26.7 Å². The number of nitrogens with one attached hydrogen (secondary N) is 1. The molecule has 1 atom stereocenters. The largest absolute Gasteiger partial charge is 0.446 e. The average Bonchev–Trinajstić information content (AvgIpc) is 2.11. The quantitative estimate of drug-likeness (QED) is 0.692. The lowest BCUT2D eigenvalue weighted by atomic mass is 10.1. The molecule has 3 heteroatoms. The molecular weight excluding hydrogens is 154 g/mol. The Morgan fingerprint density at radius 3 is 2.58 bits per heavy atom. The molecule has 0 saturated carbocycles. The molecule has 1 amide bonds. The minimum atomic E-state index is -0.321. The lowest BCUT2D eigenvalue weighted by molar-refractivity contribution is 0.0906. The summed E-state index contributed by atoms with van der Waals surface area (Å²) >= 11 is 0. The summed E-state index contributed by atoms with van der Waals surface area (Å²) in [6.07, 6.45) is 3.90. The first-order valence-corrected chi connectivity index (χ1v) is 4.62. The summed E-state index contributed by atoms with van der Waals surface area (Å²) in [6, 6.07) is 0. The van der Waals surface area contributed by atoms with E-state index in [1.165, 1.54) is 0 Å². The molecular formula is C9H19NO2. The summed E-state index contributed by atoms with van der Waals surface area (Å²) in [5.41, 5.74) is 0. The van der Waals surface area contributed by atoms with Gasteiger partial charge < -0.3 is 10.1 Å². The van der Waals surface area contributed by atoms with Gasteiger partial charge in [-0.15, -0.1) is 0 Å². The van der Waals surface area contributed by atoms with E-state index in [1.807, 2.05) is 6.92 Å². The monoisotopic (exact) mass is 173 g/mol. The van der Waals surface area contributed by atoms with Gasteiger partial charge in [-0.2, -0.15) is 0 Å². The van der Waals surface area contributed by atoms with Crippen molar-refractivity contribution in [2.24, 2.45) is 0 Å². The highest BCUT2D eigenvalue weighted by Gasteiger charge is 2.09. The fraction of sp³-hybridized carbons (Fsp3) is 0.889. The Kier molecular flexibility index (Phi) is 6.53. The van der Waals surface area contributed by atoms with E-state index >= 15 is 0 Å². The SMILES string of the molecule is CCCCC(CC)OC(=O)NC. The molecule has 0 saturated heterocycles. The molecule has 1 N–H and O–H groups in total. The zero-order valence-corrected chi connectivity index (χ0v) is 8.22. The standard InChI is InChI=1S/C9H19NO2/c1-4-6-7-8(5-2)12-9(11)10-3/h8H,4-7H2,1-3H3,(H,10,11). The third kappa shape index (κ3) is 4.99. The van der Waals surface area contributed by atoms with Crippen LogP contribution in [0, 0.1) is 0 Å². The molecule has 0 fully saturated rings. The molecule has 0 radical (unpaired) electrons. The van der Waals surface area contributed by atoms with Gasteiger partial charge in [-0.3, -0.25) is 0 Å². The van der Waals surface area contributed by atoms with Crippen LogP contribution in [0.5, 0.6) is 0 Å². The smallest absolute Gasteiger partial charge is 0.407 e. The van der Waals surface area contributed by atoms with E-state index in [2.05, 4.69) is 12.2 Å². The molecule has 0 aromatic heterocycles. The van der Waals surface area contributed by atoms with Gasteiger partial charge in [0, 0.05) is 7.05 Å². The summed E-state index contributed by atoms with van der Waals surface area (Å²) in [4.78, 5) is 10.8. The fourth-order valence-corrected chi connectivity index (χ4v) is 0.988. The van der Waals surface area contributed by atoms with Gasteiger partial charge in [-0.25, -0.2) is 4.79 Å². The van der Waals surface area contributed by atoms with Crippen molar-refractivity contribution in [3.63, 3.8) is 0 Å². The van der Waals surface area contributed by atoms with E-state index in [4.69, 9.17) is 4.74 Å². The van der Waals surface area contributed by atoms with Gasteiger partial charge in [0.1, 0.15) is 6.10 Å².